The number of anilines is 1. The van der Waals surface area contributed by atoms with Crippen molar-refractivity contribution in [3.8, 4) is 0 Å². The Bertz CT molecular complexity index is 609. The van der Waals surface area contributed by atoms with E-state index in [1.165, 1.54) is 6.07 Å². The van der Waals surface area contributed by atoms with E-state index < -0.39 is 20.7 Å². The summed E-state index contributed by atoms with van der Waals surface area (Å²) in [6.07, 6.45) is 1.94. The molecule has 20 heavy (non-hydrogen) atoms. The molecular formula is C12H17ClFN3O2S. The third-order valence-electron chi connectivity index (χ3n) is 3.50. The van der Waals surface area contributed by atoms with Gasteiger partial charge >= 0.3 is 0 Å². The van der Waals surface area contributed by atoms with Crippen LogP contribution in [0.4, 0.5) is 10.1 Å². The van der Waals surface area contributed by atoms with Gasteiger partial charge in [0, 0.05) is 17.6 Å². The van der Waals surface area contributed by atoms with E-state index in [0.29, 0.717) is 0 Å². The molecule has 112 valence electrons. The molecule has 0 saturated carbocycles. The molecule has 1 saturated heterocycles. The molecule has 0 amide bonds. The Balaban J connectivity index is 2.18. The molecule has 0 bridgehead atoms. The zero-order chi connectivity index (χ0) is 14.9. The predicted octanol–water partition coefficient (Wildman–Crippen LogP) is 1.43. The number of benzene rings is 1. The van der Waals surface area contributed by atoms with Gasteiger partial charge in [-0.2, -0.15) is 0 Å². The van der Waals surface area contributed by atoms with Crippen molar-refractivity contribution < 1.29 is 12.8 Å². The third-order valence-corrected chi connectivity index (χ3v) is 5.14. The summed E-state index contributed by atoms with van der Waals surface area (Å²) in [5, 5.41) is 0.0854. The molecular weight excluding hydrogens is 305 g/mol. The van der Waals surface area contributed by atoms with Gasteiger partial charge in [0.2, 0.25) is 10.0 Å². The molecule has 3 N–H and O–H groups in total. The smallest absolute Gasteiger partial charge is 0.243 e. The normalized spacial score (nSPS) is 20.4. The van der Waals surface area contributed by atoms with Gasteiger partial charge in [-0.3, -0.25) is 0 Å². The minimum absolute atomic E-state index is 0.0854. The quantitative estimate of drug-likeness (QED) is 0.823. The Morgan fingerprint density at radius 2 is 2.25 bits per heavy atom. The van der Waals surface area contributed by atoms with Gasteiger partial charge in [0.05, 0.1) is 5.69 Å². The van der Waals surface area contributed by atoms with Crippen molar-refractivity contribution in [2.45, 2.75) is 23.8 Å². The number of likely N-dealkylation sites (N-methyl/N-ethyl adjacent to an activating group) is 1. The molecule has 0 aromatic heterocycles. The van der Waals surface area contributed by atoms with E-state index in [9.17, 15) is 12.8 Å². The molecule has 0 radical (unpaired) electrons. The van der Waals surface area contributed by atoms with Gasteiger partial charge in [-0.15, -0.1) is 0 Å². The van der Waals surface area contributed by atoms with Crippen molar-refractivity contribution in [2.75, 3.05) is 25.9 Å². The van der Waals surface area contributed by atoms with Gasteiger partial charge in [-0.05, 0) is 38.6 Å². The molecule has 1 aliphatic rings. The Morgan fingerprint density at radius 3 is 2.85 bits per heavy atom. The molecule has 1 aromatic rings. The van der Waals surface area contributed by atoms with Crippen LogP contribution in [0.2, 0.25) is 5.02 Å². The molecule has 5 nitrogen and oxygen atoms in total. The van der Waals surface area contributed by atoms with Crippen molar-refractivity contribution in [2.24, 2.45) is 0 Å². The van der Waals surface area contributed by atoms with Gasteiger partial charge < -0.3 is 10.6 Å². The Morgan fingerprint density at radius 1 is 1.55 bits per heavy atom. The molecule has 1 heterocycles. The van der Waals surface area contributed by atoms with Crippen LogP contribution < -0.4 is 10.5 Å². The fraction of sp³-hybridized carbons (Fsp3) is 0.500. The highest BCUT2D eigenvalue weighted by molar-refractivity contribution is 7.89. The Kier molecular flexibility index (Phi) is 4.53. The maximum atomic E-state index is 13.8. The lowest BCUT2D eigenvalue weighted by molar-refractivity contribution is 0.310. The first-order chi connectivity index (χ1) is 9.31. The van der Waals surface area contributed by atoms with E-state index in [-0.39, 0.29) is 23.3 Å². The molecule has 1 atom stereocenters. The van der Waals surface area contributed by atoms with E-state index in [0.717, 1.165) is 25.5 Å². The first-order valence-electron chi connectivity index (χ1n) is 6.25. The number of hydrogen-bond acceptors (Lipinski definition) is 4. The lowest BCUT2D eigenvalue weighted by atomic mass is 10.2. The second-order valence-electron chi connectivity index (χ2n) is 4.94. The van der Waals surface area contributed by atoms with Gasteiger partial charge in [0.1, 0.15) is 4.90 Å². The lowest BCUT2D eigenvalue weighted by Gasteiger charge is -2.19. The summed E-state index contributed by atoms with van der Waals surface area (Å²) in [6, 6.07) is 2.37. The number of nitrogens with one attached hydrogen (secondary N) is 1. The fourth-order valence-corrected chi connectivity index (χ4v) is 3.80. The summed E-state index contributed by atoms with van der Waals surface area (Å²) in [5.74, 6) is -0.971. The van der Waals surface area contributed by atoms with E-state index >= 15 is 0 Å². The number of nitrogens with two attached hydrogens (primary N) is 1. The van der Waals surface area contributed by atoms with Crippen molar-refractivity contribution in [3.05, 3.63) is 23.0 Å². The van der Waals surface area contributed by atoms with Crippen molar-refractivity contribution in [1.82, 2.24) is 9.62 Å². The molecule has 8 heteroatoms. The molecule has 0 aliphatic carbocycles. The van der Waals surface area contributed by atoms with Gasteiger partial charge in [0.25, 0.3) is 0 Å². The van der Waals surface area contributed by atoms with Crippen LogP contribution in [0, 0.1) is 5.82 Å². The summed E-state index contributed by atoms with van der Waals surface area (Å²) >= 11 is 5.73. The van der Waals surface area contributed by atoms with Crippen LogP contribution in [0.5, 0.6) is 0 Å². The van der Waals surface area contributed by atoms with E-state index in [1.54, 1.807) is 0 Å². The van der Waals surface area contributed by atoms with Crippen LogP contribution in [-0.4, -0.2) is 39.5 Å². The van der Waals surface area contributed by atoms with Crippen molar-refractivity contribution >= 4 is 27.3 Å². The summed E-state index contributed by atoms with van der Waals surface area (Å²) < 4.78 is 40.5. The zero-order valence-corrected chi connectivity index (χ0v) is 12.6. The maximum absolute atomic E-state index is 13.8. The average molecular weight is 322 g/mol. The van der Waals surface area contributed by atoms with Gasteiger partial charge in [-0.1, -0.05) is 11.6 Å². The monoisotopic (exact) mass is 321 g/mol. The number of sulfonamides is 1. The zero-order valence-electron chi connectivity index (χ0n) is 11.1. The van der Waals surface area contributed by atoms with E-state index in [2.05, 4.69) is 9.62 Å². The molecule has 1 aliphatic heterocycles. The highest BCUT2D eigenvalue weighted by Gasteiger charge is 2.26. The van der Waals surface area contributed by atoms with Crippen molar-refractivity contribution in [3.63, 3.8) is 0 Å². The molecule has 1 aromatic carbocycles. The molecule has 0 spiro atoms. The summed E-state index contributed by atoms with van der Waals surface area (Å²) in [5.41, 5.74) is 5.12. The topological polar surface area (TPSA) is 75.4 Å². The molecule has 2 rings (SSSR count). The largest absolute Gasteiger partial charge is 0.396 e. The van der Waals surface area contributed by atoms with E-state index in [1.807, 2.05) is 7.05 Å². The van der Waals surface area contributed by atoms with Gasteiger partial charge in [-0.25, -0.2) is 17.5 Å². The van der Waals surface area contributed by atoms with Crippen LogP contribution in [-0.2, 0) is 10.0 Å². The minimum atomic E-state index is -3.96. The second-order valence-corrected chi connectivity index (χ2v) is 7.11. The standard InChI is InChI=1S/C12H17ClFN3O2S/c1-17-4-2-3-9(17)7-16-20(18,19)11-6-8(13)5-10(15)12(11)14/h5-6,9,16H,2-4,7,15H2,1H3. The average Bonchev–Trinajstić information content (AvgIpc) is 2.77. The minimum Gasteiger partial charge on any atom is -0.396 e. The number of likely N-dealkylation sites (tertiary alicyclic amines) is 1. The number of rotatable bonds is 4. The second kappa shape index (κ2) is 5.85. The van der Waals surface area contributed by atoms with Crippen molar-refractivity contribution in [1.29, 1.82) is 0 Å². The van der Waals surface area contributed by atoms with Crippen LogP contribution in [0.3, 0.4) is 0 Å². The maximum Gasteiger partial charge on any atom is 0.243 e. The Labute approximate surface area is 122 Å². The van der Waals surface area contributed by atoms with Crippen LogP contribution in [0.25, 0.3) is 0 Å². The molecule has 1 unspecified atom stereocenters. The van der Waals surface area contributed by atoms with Gasteiger partial charge in [0.15, 0.2) is 5.82 Å². The van der Waals surface area contributed by atoms with Crippen LogP contribution in [0.1, 0.15) is 12.8 Å². The summed E-state index contributed by atoms with van der Waals surface area (Å²) in [6.45, 7) is 1.18. The number of nitrogens with zero attached hydrogens (tertiary/aromatic N) is 1. The highest BCUT2D eigenvalue weighted by atomic mass is 35.5. The van der Waals surface area contributed by atoms with Crippen LogP contribution >= 0.6 is 11.6 Å². The first kappa shape index (κ1) is 15.5. The lowest BCUT2D eigenvalue weighted by Crippen LogP contribution is -2.38. The number of nitrogen functional groups attached to an aromatic ring is 1. The predicted molar refractivity (Wildman–Crippen MR) is 76.7 cm³/mol. The summed E-state index contributed by atoms with van der Waals surface area (Å²) in [4.78, 5) is 1.56. The third kappa shape index (κ3) is 3.22. The molecule has 1 fully saturated rings. The fourth-order valence-electron chi connectivity index (χ4n) is 2.30. The van der Waals surface area contributed by atoms with E-state index in [4.69, 9.17) is 17.3 Å². The first-order valence-corrected chi connectivity index (χ1v) is 8.12. The summed E-state index contributed by atoms with van der Waals surface area (Å²) in [7, 11) is -2.03. The SMILES string of the molecule is CN1CCCC1CNS(=O)(=O)c1cc(Cl)cc(N)c1F. The van der Waals surface area contributed by atoms with Crippen LogP contribution in [0.15, 0.2) is 17.0 Å². The highest BCUT2D eigenvalue weighted by Crippen LogP contribution is 2.25. The number of halogens is 2. The number of hydrogen-bond donors (Lipinski definition) is 2. The Hall–Kier alpha value is -0.890.